The lowest BCUT2D eigenvalue weighted by atomic mass is 9.68. The Bertz CT molecular complexity index is 872. The van der Waals surface area contributed by atoms with Crippen molar-refractivity contribution in [3.05, 3.63) is 35.4 Å². The molecule has 5 rings (SSSR count). The molecule has 0 spiro atoms. The minimum atomic E-state index is -0.891. The van der Waals surface area contributed by atoms with Gasteiger partial charge in [-0.1, -0.05) is 18.2 Å². The number of benzene rings is 1. The molecule has 7 heteroatoms. The van der Waals surface area contributed by atoms with E-state index in [9.17, 15) is 19.2 Å². The maximum atomic E-state index is 12.3. The van der Waals surface area contributed by atoms with Crippen molar-refractivity contribution in [3.63, 3.8) is 0 Å². The van der Waals surface area contributed by atoms with Gasteiger partial charge in [0.1, 0.15) is 0 Å². The number of carbonyl (C=O) groups excluding carboxylic acids is 4. The smallest absolute Gasteiger partial charge is 0.254 e. The molecule has 7 nitrogen and oxygen atoms in total. The molecule has 4 amide bonds. The summed E-state index contributed by atoms with van der Waals surface area (Å²) >= 11 is 0. The largest absolute Gasteiger partial charge is 0.377 e. The summed E-state index contributed by atoms with van der Waals surface area (Å²) in [5.74, 6) is -4.25. The van der Waals surface area contributed by atoms with E-state index >= 15 is 0 Å². The first-order chi connectivity index (χ1) is 11.1. The lowest BCUT2D eigenvalue weighted by Gasteiger charge is -2.32. The van der Waals surface area contributed by atoms with Crippen molar-refractivity contribution in [1.29, 1.82) is 0 Å². The van der Waals surface area contributed by atoms with Gasteiger partial charge in [-0.25, -0.2) is 0 Å². The van der Waals surface area contributed by atoms with Gasteiger partial charge in [0.15, 0.2) is 0 Å². The normalized spacial score (nSPS) is 33.6. The summed E-state index contributed by atoms with van der Waals surface area (Å²) in [6.45, 7) is 0. The van der Waals surface area contributed by atoms with E-state index in [1.807, 2.05) is 24.3 Å². The molecule has 2 fully saturated rings. The summed E-state index contributed by atoms with van der Waals surface area (Å²) in [5, 5.41) is 7.85. The van der Waals surface area contributed by atoms with Crippen molar-refractivity contribution in [2.75, 3.05) is 5.32 Å². The standard InChI is InChI=1S/C16H11N3O4/c20-13-8-7-5-3-1-2-4-6(5)17-12(7)11-10(9(8)14(21)18-13)15(22)19-16(11)23/h1-4,9-12,17H,(H,18,20,21)(H,19,22,23)/t9-,10-,11-,12+/m0/s1. The average Bonchev–Trinajstić information content (AvgIpc) is 3.12. The minimum Gasteiger partial charge on any atom is -0.377 e. The van der Waals surface area contributed by atoms with Gasteiger partial charge in [0.05, 0.1) is 23.8 Å². The van der Waals surface area contributed by atoms with Gasteiger partial charge in [0.25, 0.3) is 5.91 Å². The molecule has 0 aromatic heterocycles. The summed E-state index contributed by atoms with van der Waals surface area (Å²) in [6, 6.07) is 6.93. The molecule has 4 aliphatic rings. The fourth-order valence-corrected chi connectivity index (χ4v) is 4.33. The van der Waals surface area contributed by atoms with Crippen LogP contribution in [-0.4, -0.2) is 29.7 Å². The molecule has 1 aromatic carbocycles. The van der Waals surface area contributed by atoms with Gasteiger partial charge >= 0.3 is 0 Å². The highest BCUT2D eigenvalue weighted by atomic mass is 16.2. The van der Waals surface area contributed by atoms with E-state index in [4.69, 9.17) is 0 Å². The second-order valence-electron chi connectivity index (χ2n) is 6.20. The van der Waals surface area contributed by atoms with E-state index in [2.05, 4.69) is 16.0 Å². The third-order valence-corrected chi connectivity index (χ3v) is 5.16. The lowest BCUT2D eigenvalue weighted by molar-refractivity contribution is -0.131. The molecule has 3 N–H and O–H groups in total. The van der Waals surface area contributed by atoms with E-state index in [1.165, 1.54) is 0 Å². The SMILES string of the molecule is O=C1NC(=O)[C@H]2C1=C1c3ccccc3N[C@H]1[C@H]1C(=O)NC(=O)[C@@H]21. The minimum absolute atomic E-state index is 0.323. The number of imide groups is 2. The molecular formula is C16H11N3O4. The van der Waals surface area contributed by atoms with Gasteiger partial charge in [-0.05, 0) is 11.6 Å². The summed E-state index contributed by atoms with van der Waals surface area (Å²) in [5.41, 5.74) is 2.61. The zero-order valence-corrected chi connectivity index (χ0v) is 11.8. The van der Waals surface area contributed by atoms with Gasteiger partial charge in [-0.15, -0.1) is 0 Å². The van der Waals surface area contributed by atoms with Crippen molar-refractivity contribution in [1.82, 2.24) is 10.6 Å². The maximum Gasteiger partial charge on any atom is 0.254 e. The average molecular weight is 309 g/mol. The van der Waals surface area contributed by atoms with Crippen molar-refractivity contribution in [3.8, 4) is 0 Å². The van der Waals surface area contributed by atoms with Crippen LogP contribution in [0.3, 0.4) is 0 Å². The van der Waals surface area contributed by atoms with Crippen LogP contribution in [0.1, 0.15) is 5.56 Å². The quantitative estimate of drug-likeness (QED) is 0.556. The first-order valence-electron chi connectivity index (χ1n) is 7.38. The Morgan fingerprint density at radius 1 is 0.783 bits per heavy atom. The molecule has 1 aliphatic carbocycles. The van der Waals surface area contributed by atoms with E-state index < -0.39 is 47.4 Å². The van der Waals surface area contributed by atoms with Crippen LogP contribution in [0.15, 0.2) is 29.8 Å². The predicted octanol–water partition coefficient (Wildman–Crippen LogP) is -0.591. The summed E-state index contributed by atoms with van der Waals surface area (Å²) in [4.78, 5) is 49.0. The highest BCUT2D eigenvalue weighted by molar-refractivity contribution is 6.24. The van der Waals surface area contributed by atoms with Crippen molar-refractivity contribution in [2.45, 2.75) is 6.04 Å². The fraction of sp³-hybridized carbons (Fsp3) is 0.250. The Morgan fingerprint density at radius 2 is 1.52 bits per heavy atom. The molecule has 0 saturated carbocycles. The van der Waals surface area contributed by atoms with Crippen LogP contribution in [0, 0.1) is 17.8 Å². The zero-order valence-electron chi connectivity index (χ0n) is 11.8. The van der Waals surface area contributed by atoms with E-state index in [-0.39, 0.29) is 0 Å². The molecule has 3 heterocycles. The van der Waals surface area contributed by atoms with E-state index in [0.29, 0.717) is 11.1 Å². The van der Waals surface area contributed by atoms with Gasteiger partial charge in [-0.3, -0.25) is 29.8 Å². The van der Waals surface area contributed by atoms with Crippen LogP contribution >= 0.6 is 0 Å². The predicted molar refractivity (Wildman–Crippen MR) is 77.5 cm³/mol. The number of hydrogen-bond donors (Lipinski definition) is 3. The number of fused-ring (bicyclic) bond motifs is 7. The van der Waals surface area contributed by atoms with Gasteiger partial charge in [-0.2, -0.15) is 0 Å². The molecule has 4 atom stereocenters. The summed E-state index contributed by atoms with van der Waals surface area (Å²) in [7, 11) is 0. The number of para-hydroxylation sites is 1. The third kappa shape index (κ3) is 1.35. The molecule has 0 bridgehead atoms. The first-order valence-corrected chi connectivity index (χ1v) is 7.38. The molecular weight excluding hydrogens is 298 g/mol. The van der Waals surface area contributed by atoms with Crippen LogP contribution in [0.25, 0.3) is 5.57 Å². The highest BCUT2D eigenvalue weighted by Gasteiger charge is 2.62. The van der Waals surface area contributed by atoms with Crippen molar-refractivity contribution in [2.24, 2.45) is 17.8 Å². The van der Waals surface area contributed by atoms with Crippen LogP contribution < -0.4 is 16.0 Å². The zero-order chi connectivity index (χ0) is 15.9. The second-order valence-corrected chi connectivity index (χ2v) is 6.20. The van der Waals surface area contributed by atoms with Crippen LogP contribution in [-0.2, 0) is 19.2 Å². The number of hydrogen-bond acceptors (Lipinski definition) is 5. The van der Waals surface area contributed by atoms with Crippen molar-refractivity contribution >= 4 is 34.9 Å². The molecule has 1 aromatic rings. The number of nitrogens with one attached hydrogen (secondary N) is 3. The third-order valence-electron chi connectivity index (χ3n) is 5.16. The Hall–Kier alpha value is -2.96. The molecule has 23 heavy (non-hydrogen) atoms. The van der Waals surface area contributed by atoms with Crippen LogP contribution in [0.2, 0.25) is 0 Å². The van der Waals surface area contributed by atoms with Gasteiger partial charge in [0, 0.05) is 16.8 Å². The highest BCUT2D eigenvalue weighted by Crippen LogP contribution is 2.52. The Labute approximate surface area is 130 Å². The topological polar surface area (TPSA) is 104 Å². The number of carbonyl (C=O) groups is 4. The van der Waals surface area contributed by atoms with Crippen LogP contribution in [0.5, 0.6) is 0 Å². The van der Waals surface area contributed by atoms with Crippen LogP contribution in [0.4, 0.5) is 5.69 Å². The van der Waals surface area contributed by atoms with E-state index in [0.717, 1.165) is 11.3 Å². The molecule has 0 radical (unpaired) electrons. The molecule has 3 aliphatic heterocycles. The Kier molecular flexibility index (Phi) is 2.11. The Morgan fingerprint density at radius 3 is 2.35 bits per heavy atom. The summed E-state index contributed by atoms with van der Waals surface area (Å²) in [6.07, 6.45) is 0. The van der Waals surface area contributed by atoms with E-state index in [1.54, 1.807) is 0 Å². The molecule has 0 unspecified atom stereocenters. The molecule has 114 valence electrons. The van der Waals surface area contributed by atoms with Crippen molar-refractivity contribution < 1.29 is 19.2 Å². The maximum absolute atomic E-state index is 12.3. The number of amides is 4. The van der Waals surface area contributed by atoms with Gasteiger partial charge in [0.2, 0.25) is 17.7 Å². The molecule has 2 saturated heterocycles. The number of anilines is 1. The second kappa shape index (κ2) is 3.87. The summed E-state index contributed by atoms with van der Waals surface area (Å²) < 4.78 is 0. The lowest BCUT2D eigenvalue weighted by Crippen LogP contribution is -2.44. The van der Waals surface area contributed by atoms with Gasteiger partial charge < -0.3 is 5.32 Å². The monoisotopic (exact) mass is 309 g/mol. The Balaban J connectivity index is 1.83. The fourth-order valence-electron chi connectivity index (χ4n) is 4.33. The number of rotatable bonds is 0. The first kappa shape index (κ1) is 12.6.